The lowest BCUT2D eigenvalue weighted by Crippen LogP contribution is -2.42. The zero-order chi connectivity index (χ0) is 19.0. The molecule has 2 aliphatic carbocycles. The number of amides is 1. The average Bonchev–Trinajstić information content (AvgIpc) is 3.36. The van der Waals surface area contributed by atoms with E-state index in [-0.39, 0.29) is 30.9 Å². The number of ether oxygens (including phenoxy) is 1. The summed E-state index contributed by atoms with van der Waals surface area (Å²) in [6.45, 7) is 1.88. The number of nitrogens with zero attached hydrogens (tertiary/aromatic N) is 1. The third-order valence-corrected chi connectivity index (χ3v) is 6.50. The topological polar surface area (TPSA) is 60.3 Å². The van der Waals surface area contributed by atoms with E-state index in [1.165, 1.54) is 25.7 Å². The molecule has 4 atom stereocenters. The number of hydrogen-bond acceptors (Lipinski definition) is 3. The van der Waals surface area contributed by atoms with Crippen LogP contribution < -0.4 is 5.32 Å². The Bertz CT molecular complexity index is 856. The Morgan fingerprint density at radius 1 is 1.26 bits per heavy atom. The van der Waals surface area contributed by atoms with Gasteiger partial charge in [0.15, 0.2) is 6.61 Å². The van der Waals surface area contributed by atoms with Crippen molar-refractivity contribution in [1.29, 1.82) is 0 Å². The second-order valence-corrected chi connectivity index (χ2v) is 8.31. The molecule has 2 aromatic rings. The van der Waals surface area contributed by atoms with Crippen LogP contribution in [-0.4, -0.2) is 29.1 Å². The van der Waals surface area contributed by atoms with Crippen molar-refractivity contribution in [1.82, 2.24) is 9.88 Å². The Morgan fingerprint density at radius 3 is 2.81 bits per heavy atom. The average molecular weight is 368 g/mol. The Balaban J connectivity index is 1.27. The number of benzene rings is 1. The minimum atomic E-state index is -0.367. The van der Waals surface area contributed by atoms with Crippen LogP contribution >= 0.6 is 0 Å². The summed E-state index contributed by atoms with van der Waals surface area (Å²) in [6, 6.07) is 8.12. The predicted molar refractivity (Wildman–Crippen MR) is 104 cm³/mol. The first-order valence-corrected chi connectivity index (χ1v) is 9.99. The highest BCUT2D eigenvalue weighted by Gasteiger charge is 2.42. The van der Waals surface area contributed by atoms with Crippen molar-refractivity contribution >= 4 is 22.8 Å². The molecule has 5 nitrogen and oxygen atoms in total. The maximum absolute atomic E-state index is 12.2. The zero-order valence-electron chi connectivity index (χ0n) is 16.1. The Kier molecular flexibility index (Phi) is 4.94. The lowest BCUT2D eigenvalue weighted by molar-refractivity contribution is -0.148. The number of nitrogens with one attached hydrogen (secondary N) is 1. The van der Waals surface area contributed by atoms with Gasteiger partial charge in [0.05, 0.1) is 6.42 Å². The van der Waals surface area contributed by atoms with Crippen LogP contribution in [0, 0.1) is 17.8 Å². The maximum Gasteiger partial charge on any atom is 0.310 e. The summed E-state index contributed by atoms with van der Waals surface area (Å²) in [5, 5.41) is 4.09. The van der Waals surface area contributed by atoms with Crippen LogP contribution in [-0.2, 0) is 27.8 Å². The highest BCUT2D eigenvalue weighted by atomic mass is 16.5. The van der Waals surface area contributed by atoms with Gasteiger partial charge in [0.1, 0.15) is 0 Å². The number of aromatic nitrogens is 1. The van der Waals surface area contributed by atoms with Gasteiger partial charge in [0.25, 0.3) is 5.91 Å². The summed E-state index contributed by atoms with van der Waals surface area (Å²) >= 11 is 0. The van der Waals surface area contributed by atoms with Crippen LogP contribution in [0.15, 0.2) is 30.5 Å². The molecular formula is C22H28N2O3. The van der Waals surface area contributed by atoms with Crippen molar-refractivity contribution in [3.05, 3.63) is 36.0 Å². The summed E-state index contributed by atoms with van der Waals surface area (Å²) in [4.78, 5) is 24.4. The van der Waals surface area contributed by atoms with E-state index < -0.39 is 0 Å². The molecule has 0 radical (unpaired) electrons. The van der Waals surface area contributed by atoms with E-state index in [0.29, 0.717) is 5.92 Å². The number of aryl methyl sites for hydroxylation is 1. The summed E-state index contributed by atoms with van der Waals surface area (Å²) in [5.41, 5.74) is 2.01. The van der Waals surface area contributed by atoms with Crippen molar-refractivity contribution in [2.24, 2.45) is 24.8 Å². The van der Waals surface area contributed by atoms with Crippen LogP contribution in [0.3, 0.4) is 0 Å². The lowest BCUT2D eigenvalue weighted by Gasteiger charge is -2.28. The molecule has 1 aromatic carbocycles. The van der Waals surface area contributed by atoms with Crippen LogP contribution in [0.5, 0.6) is 0 Å². The fourth-order valence-electron chi connectivity index (χ4n) is 5.23. The van der Waals surface area contributed by atoms with E-state index in [1.807, 2.05) is 42.1 Å². The van der Waals surface area contributed by atoms with Crippen molar-refractivity contribution in [3.8, 4) is 0 Å². The molecule has 1 aromatic heterocycles. The minimum absolute atomic E-state index is 0.157. The van der Waals surface area contributed by atoms with Gasteiger partial charge in [-0.05, 0) is 55.6 Å². The van der Waals surface area contributed by atoms with Gasteiger partial charge in [0.2, 0.25) is 0 Å². The first-order chi connectivity index (χ1) is 13.0. The van der Waals surface area contributed by atoms with Crippen molar-refractivity contribution < 1.29 is 14.3 Å². The molecule has 2 bridgehead atoms. The van der Waals surface area contributed by atoms with E-state index in [9.17, 15) is 9.59 Å². The van der Waals surface area contributed by atoms with Crippen molar-refractivity contribution in [3.63, 3.8) is 0 Å². The van der Waals surface area contributed by atoms with Gasteiger partial charge in [-0.3, -0.25) is 9.59 Å². The van der Waals surface area contributed by atoms with Crippen molar-refractivity contribution in [2.45, 2.75) is 45.1 Å². The highest BCUT2D eigenvalue weighted by molar-refractivity contribution is 5.88. The second kappa shape index (κ2) is 7.37. The summed E-state index contributed by atoms with van der Waals surface area (Å²) < 4.78 is 7.23. The maximum atomic E-state index is 12.2. The first-order valence-electron chi connectivity index (χ1n) is 9.99. The molecule has 27 heavy (non-hydrogen) atoms. The number of esters is 1. The van der Waals surface area contributed by atoms with E-state index >= 15 is 0 Å². The molecule has 2 saturated carbocycles. The van der Waals surface area contributed by atoms with Gasteiger partial charge >= 0.3 is 5.97 Å². The largest absolute Gasteiger partial charge is 0.455 e. The third kappa shape index (κ3) is 3.73. The molecule has 0 saturated heterocycles. The molecule has 144 valence electrons. The van der Waals surface area contributed by atoms with Gasteiger partial charge in [0, 0.05) is 30.2 Å². The molecule has 4 unspecified atom stereocenters. The monoisotopic (exact) mass is 368 g/mol. The fraction of sp³-hybridized carbons (Fsp3) is 0.545. The molecule has 0 spiro atoms. The van der Waals surface area contributed by atoms with Gasteiger partial charge in [-0.1, -0.05) is 24.6 Å². The summed E-state index contributed by atoms with van der Waals surface area (Å²) in [5.74, 6) is 1.64. The van der Waals surface area contributed by atoms with Crippen LogP contribution in [0.2, 0.25) is 0 Å². The minimum Gasteiger partial charge on any atom is -0.455 e. The summed E-state index contributed by atoms with van der Waals surface area (Å²) in [7, 11) is 1.96. The molecule has 5 heteroatoms. The summed E-state index contributed by atoms with van der Waals surface area (Å²) in [6.07, 6.45) is 7.33. The van der Waals surface area contributed by atoms with E-state index in [0.717, 1.165) is 28.3 Å². The van der Waals surface area contributed by atoms with Gasteiger partial charge in [-0.25, -0.2) is 0 Å². The Morgan fingerprint density at radius 2 is 2.07 bits per heavy atom. The Labute approximate surface area is 160 Å². The Hall–Kier alpha value is -2.30. The molecule has 4 rings (SSSR count). The number of hydrogen-bond donors (Lipinski definition) is 1. The molecule has 1 amide bonds. The molecule has 1 N–H and O–H groups in total. The molecule has 2 fully saturated rings. The SMILES string of the molecule is CC(NC(=O)COC(=O)Cc1cn(C)c2ccccc12)C1CC2CCC1C2. The third-order valence-electron chi connectivity index (χ3n) is 6.50. The second-order valence-electron chi connectivity index (χ2n) is 8.31. The first kappa shape index (κ1) is 18.1. The normalized spacial score (nSPS) is 24.9. The van der Waals surface area contributed by atoms with Gasteiger partial charge in [-0.15, -0.1) is 0 Å². The van der Waals surface area contributed by atoms with Crippen LogP contribution in [0.1, 0.15) is 38.2 Å². The zero-order valence-corrected chi connectivity index (χ0v) is 16.1. The number of rotatable bonds is 6. The van der Waals surface area contributed by atoms with E-state index in [1.54, 1.807) is 0 Å². The van der Waals surface area contributed by atoms with E-state index in [2.05, 4.69) is 12.2 Å². The molecular weight excluding hydrogens is 340 g/mol. The quantitative estimate of drug-likeness (QED) is 0.797. The number of carbonyl (C=O) groups is 2. The fourth-order valence-corrected chi connectivity index (χ4v) is 5.23. The van der Waals surface area contributed by atoms with Crippen LogP contribution in [0.25, 0.3) is 10.9 Å². The lowest BCUT2D eigenvalue weighted by atomic mass is 9.84. The smallest absolute Gasteiger partial charge is 0.310 e. The van der Waals surface area contributed by atoms with E-state index in [4.69, 9.17) is 4.74 Å². The van der Waals surface area contributed by atoms with Gasteiger partial charge < -0.3 is 14.6 Å². The standard InChI is InChI=1S/C22H28N2O3/c1-14(19-10-15-7-8-16(19)9-15)23-21(25)13-27-22(26)11-17-12-24(2)20-6-4-3-5-18(17)20/h3-6,12,14-16,19H,7-11,13H2,1-2H3,(H,23,25). The molecule has 2 aliphatic rings. The number of para-hydroxylation sites is 1. The molecule has 1 heterocycles. The highest BCUT2D eigenvalue weighted by Crippen LogP contribution is 2.49. The van der Waals surface area contributed by atoms with Crippen LogP contribution in [0.4, 0.5) is 0 Å². The molecule has 0 aliphatic heterocycles. The van der Waals surface area contributed by atoms with Crippen molar-refractivity contribution in [2.75, 3.05) is 6.61 Å². The number of carbonyl (C=O) groups excluding carboxylic acids is 2. The van der Waals surface area contributed by atoms with Gasteiger partial charge in [-0.2, -0.15) is 0 Å². The number of fused-ring (bicyclic) bond motifs is 3. The predicted octanol–water partition coefficient (Wildman–Crippen LogP) is 3.20.